The van der Waals surface area contributed by atoms with E-state index in [1.807, 2.05) is 49.4 Å². The summed E-state index contributed by atoms with van der Waals surface area (Å²) in [6, 6.07) is 16.3. The molecule has 1 atom stereocenters. The molecule has 0 radical (unpaired) electrons. The number of benzene rings is 2. The summed E-state index contributed by atoms with van der Waals surface area (Å²) in [6.45, 7) is 2.12. The predicted octanol–water partition coefficient (Wildman–Crippen LogP) is 3.38. The van der Waals surface area contributed by atoms with E-state index in [4.69, 9.17) is 4.74 Å². The Morgan fingerprint density at radius 2 is 1.77 bits per heavy atom. The lowest BCUT2D eigenvalue weighted by Gasteiger charge is -2.30. The van der Waals surface area contributed by atoms with Crippen LogP contribution < -0.4 is 10.1 Å². The molecule has 2 aromatic rings. The summed E-state index contributed by atoms with van der Waals surface area (Å²) in [5.41, 5.74) is 0.965. The first-order valence-electron chi connectivity index (χ1n) is 8.48. The molecule has 138 valence electrons. The van der Waals surface area contributed by atoms with E-state index in [0.717, 1.165) is 10.0 Å². The second kappa shape index (κ2) is 9.97. The minimum atomic E-state index is -0.541. The van der Waals surface area contributed by atoms with Crippen molar-refractivity contribution in [3.05, 3.63) is 64.6 Å². The summed E-state index contributed by atoms with van der Waals surface area (Å²) >= 11 is 3.36. The van der Waals surface area contributed by atoms with Gasteiger partial charge in [-0.15, -0.1) is 0 Å². The fraction of sp³-hybridized carbons (Fsp3) is 0.300. The Morgan fingerprint density at radius 1 is 1.12 bits per heavy atom. The van der Waals surface area contributed by atoms with Gasteiger partial charge in [-0.3, -0.25) is 9.59 Å². The second-order valence-corrected chi connectivity index (χ2v) is 6.70. The van der Waals surface area contributed by atoms with Gasteiger partial charge in [-0.25, -0.2) is 0 Å². The van der Waals surface area contributed by atoms with Gasteiger partial charge in [-0.05, 0) is 36.2 Å². The van der Waals surface area contributed by atoms with Crippen LogP contribution in [0.3, 0.4) is 0 Å². The topological polar surface area (TPSA) is 58.6 Å². The van der Waals surface area contributed by atoms with Gasteiger partial charge in [-0.1, -0.05) is 53.2 Å². The molecule has 0 saturated carbocycles. The number of halogens is 1. The zero-order chi connectivity index (χ0) is 18.9. The van der Waals surface area contributed by atoms with Crippen LogP contribution in [-0.4, -0.2) is 36.4 Å². The van der Waals surface area contributed by atoms with Crippen LogP contribution >= 0.6 is 15.9 Å². The summed E-state index contributed by atoms with van der Waals surface area (Å²) in [4.78, 5) is 26.6. The summed E-state index contributed by atoms with van der Waals surface area (Å²) < 4.78 is 6.54. The lowest BCUT2D eigenvalue weighted by molar-refractivity contribution is -0.142. The molecular formula is C20H23BrN2O3. The van der Waals surface area contributed by atoms with E-state index in [1.54, 1.807) is 24.1 Å². The van der Waals surface area contributed by atoms with Gasteiger partial charge in [0.25, 0.3) is 5.91 Å². The first-order chi connectivity index (χ1) is 12.5. The van der Waals surface area contributed by atoms with Crippen molar-refractivity contribution in [2.24, 2.45) is 0 Å². The minimum Gasteiger partial charge on any atom is -0.484 e. The first kappa shape index (κ1) is 20.0. The fourth-order valence-corrected chi connectivity index (χ4v) is 2.89. The number of ether oxygens (including phenoxy) is 1. The molecule has 1 N–H and O–H groups in total. The van der Waals surface area contributed by atoms with Crippen LogP contribution in [0.2, 0.25) is 0 Å². The van der Waals surface area contributed by atoms with E-state index in [0.29, 0.717) is 18.7 Å². The van der Waals surface area contributed by atoms with Gasteiger partial charge < -0.3 is 15.0 Å². The quantitative estimate of drug-likeness (QED) is 0.714. The van der Waals surface area contributed by atoms with Crippen LogP contribution in [0, 0.1) is 0 Å². The van der Waals surface area contributed by atoms with Crippen LogP contribution in [-0.2, 0) is 16.1 Å². The van der Waals surface area contributed by atoms with Crippen molar-refractivity contribution in [2.45, 2.75) is 25.9 Å². The maximum Gasteiger partial charge on any atom is 0.261 e. The Labute approximate surface area is 162 Å². The number of nitrogens with one attached hydrogen (secondary N) is 1. The van der Waals surface area contributed by atoms with Crippen molar-refractivity contribution in [3.63, 3.8) is 0 Å². The zero-order valence-corrected chi connectivity index (χ0v) is 16.5. The maximum absolute atomic E-state index is 12.8. The van der Waals surface area contributed by atoms with Gasteiger partial charge in [0.2, 0.25) is 5.91 Å². The molecule has 0 fully saturated rings. The Hall–Kier alpha value is -2.34. The van der Waals surface area contributed by atoms with E-state index in [-0.39, 0.29) is 18.4 Å². The number of hydrogen-bond donors (Lipinski definition) is 1. The van der Waals surface area contributed by atoms with Crippen molar-refractivity contribution in [2.75, 3.05) is 13.7 Å². The van der Waals surface area contributed by atoms with Crippen molar-refractivity contribution < 1.29 is 14.3 Å². The average Bonchev–Trinajstić information content (AvgIpc) is 2.67. The SMILES string of the molecule is CC[C@@H](C(=O)NC)N(Cc1ccccc1)C(=O)COc1ccc(Br)cc1. The lowest BCUT2D eigenvalue weighted by Crippen LogP contribution is -2.49. The van der Waals surface area contributed by atoms with Gasteiger partial charge in [0.1, 0.15) is 11.8 Å². The minimum absolute atomic E-state index is 0.123. The highest BCUT2D eigenvalue weighted by atomic mass is 79.9. The van der Waals surface area contributed by atoms with Crippen LogP contribution in [0.5, 0.6) is 5.75 Å². The van der Waals surface area contributed by atoms with Crippen molar-refractivity contribution >= 4 is 27.7 Å². The van der Waals surface area contributed by atoms with E-state index >= 15 is 0 Å². The number of amides is 2. The third-order valence-electron chi connectivity index (χ3n) is 4.00. The molecular weight excluding hydrogens is 396 g/mol. The Kier molecular flexibility index (Phi) is 7.66. The number of nitrogens with zero attached hydrogens (tertiary/aromatic N) is 1. The summed E-state index contributed by atoms with van der Waals surface area (Å²) in [6.07, 6.45) is 0.524. The monoisotopic (exact) mass is 418 g/mol. The third-order valence-corrected chi connectivity index (χ3v) is 4.53. The molecule has 0 aliphatic heterocycles. The summed E-state index contributed by atoms with van der Waals surface area (Å²) in [5, 5.41) is 2.64. The molecule has 0 saturated heterocycles. The van der Waals surface area contributed by atoms with Crippen LogP contribution in [0.15, 0.2) is 59.1 Å². The molecule has 2 amide bonds. The molecule has 0 aromatic heterocycles. The standard InChI is InChI=1S/C20H23BrN2O3/c1-3-18(20(25)22-2)23(13-15-7-5-4-6-8-15)19(24)14-26-17-11-9-16(21)10-12-17/h4-12,18H,3,13-14H2,1-2H3,(H,22,25)/t18-/m0/s1. The molecule has 6 heteroatoms. The van der Waals surface area contributed by atoms with Gasteiger partial charge in [0, 0.05) is 18.1 Å². The molecule has 2 aromatic carbocycles. The molecule has 26 heavy (non-hydrogen) atoms. The Morgan fingerprint density at radius 3 is 2.35 bits per heavy atom. The predicted molar refractivity (Wildman–Crippen MR) is 105 cm³/mol. The highest BCUT2D eigenvalue weighted by Gasteiger charge is 2.28. The molecule has 0 spiro atoms. The number of hydrogen-bond acceptors (Lipinski definition) is 3. The van der Waals surface area contributed by atoms with Crippen molar-refractivity contribution in [3.8, 4) is 5.75 Å². The fourth-order valence-electron chi connectivity index (χ4n) is 2.63. The first-order valence-corrected chi connectivity index (χ1v) is 9.27. The van der Waals surface area contributed by atoms with E-state index < -0.39 is 6.04 Å². The number of carbonyl (C=O) groups is 2. The van der Waals surface area contributed by atoms with Crippen molar-refractivity contribution in [1.82, 2.24) is 10.2 Å². The van der Waals surface area contributed by atoms with E-state index in [9.17, 15) is 9.59 Å². The lowest BCUT2D eigenvalue weighted by atomic mass is 10.1. The van der Waals surface area contributed by atoms with E-state index in [1.165, 1.54) is 0 Å². The highest BCUT2D eigenvalue weighted by Crippen LogP contribution is 2.17. The van der Waals surface area contributed by atoms with Crippen molar-refractivity contribution in [1.29, 1.82) is 0 Å². The van der Waals surface area contributed by atoms with Crippen LogP contribution in [0.1, 0.15) is 18.9 Å². The van der Waals surface area contributed by atoms with Crippen LogP contribution in [0.4, 0.5) is 0 Å². The van der Waals surface area contributed by atoms with Gasteiger partial charge in [-0.2, -0.15) is 0 Å². The molecule has 0 aliphatic carbocycles. The zero-order valence-electron chi connectivity index (χ0n) is 14.9. The van der Waals surface area contributed by atoms with Crippen LogP contribution in [0.25, 0.3) is 0 Å². The second-order valence-electron chi connectivity index (χ2n) is 5.79. The highest BCUT2D eigenvalue weighted by molar-refractivity contribution is 9.10. The molecule has 0 heterocycles. The van der Waals surface area contributed by atoms with Gasteiger partial charge in [0.05, 0.1) is 0 Å². The average molecular weight is 419 g/mol. The number of carbonyl (C=O) groups excluding carboxylic acids is 2. The third kappa shape index (κ3) is 5.59. The Bertz CT molecular complexity index is 720. The molecule has 0 aliphatic rings. The molecule has 5 nitrogen and oxygen atoms in total. The van der Waals surface area contributed by atoms with E-state index in [2.05, 4.69) is 21.2 Å². The summed E-state index contributed by atoms with van der Waals surface area (Å²) in [5.74, 6) is 0.196. The largest absolute Gasteiger partial charge is 0.484 e. The molecule has 2 rings (SSSR count). The number of rotatable bonds is 8. The molecule has 0 bridgehead atoms. The Balaban J connectivity index is 2.13. The van der Waals surface area contributed by atoms with Gasteiger partial charge in [0.15, 0.2) is 6.61 Å². The summed E-state index contributed by atoms with van der Waals surface area (Å²) in [7, 11) is 1.58. The number of likely N-dealkylation sites (N-methyl/N-ethyl adjacent to an activating group) is 1. The van der Waals surface area contributed by atoms with Gasteiger partial charge >= 0.3 is 0 Å². The smallest absolute Gasteiger partial charge is 0.261 e. The maximum atomic E-state index is 12.8. The molecule has 0 unspecified atom stereocenters. The normalized spacial score (nSPS) is 11.5.